The molecule has 166 valence electrons. The summed E-state index contributed by atoms with van der Waals surface area (Å²) in [4.78, 5) is 29.0. The molecule has 5 rings (SSSR count). The molecule has 0 bridgehead atoms. The predicted molar refractivity (Wildman–Crippen MR) is 118 cm³/mol. The van der Waals surface area contributed by atoms with E-state index in [-0.39, 0.29) is 18.0 Å². The summed E-state index contributed by atoms with van der Waals surface area (Å²) in [5.74, 6) is -0.425. The lowest BCUT2D eigenvalue weighted by Crippen LogP contribution is -2.49. The van der Waals surface area contributed by atoms with E-state index in [2.05, 4.69) is 22.0 Å². The van der Waals surface area contributed by atoms with Crippen molar-refractivity contribution in [3.63, 3.8) is 0 Å². The average molecular weight is 434 g/mol. The topological polar surface area (TPSA) is 62.3 Å². The quantitative estimate of drug-likeness (QED) is 0.691. The maximum absolute atomic E-state index is 13.9. The Morgan fingerprint density at radius 1 is 0.938 bits per heavy atom. The van der Waals surface area contributed by atoms with E-state index in [0.29, 0.717) is 37.6 Å². The molecule has 3 heterocycles. The van der Waals surface area contributed by atoms with Crippen molar-refractivity contribution in [3.8, 4) is 0 Å². The minimum Gasteiger partial charge on any atom is -0.466 e. The van der Waals surface area contributed by atoms with E-state index in [1.807, 2.05) is 55.5 Å². The number of amides is 1. The molecule has 7 heteroatoms. The van der Waals surface area contributed by atoms with Crippen LogP contribution in [0.4, 0.5) is 0 Å². The van der Waals surface area contributed by atoms with E-state index >= 15 is 0 Å². The Kier molecular flexibility index (Phi) is 5.55. The first kappa shape index (κ1) is 20.9. The zero-order valence-electron chi connectivity index (χ0n) is 18.3. The molecule has 3 atom stereocenters. The molecule has 0 aromatic heterocycles. The van der Waals surface area contributed by atoms with Gasteiger partial charge < -0.3 is 9.47 Å². The number of hydrogen-bond acceptors (Lipinski definition) is 6. The van der Waals surface area contributed by atoms with E-state index in [1.165, 1.54) is 7.11 Å². The third-order valence-electron chi connectivity index (χ3n) is 6.62. The Hall–Kier alpha value is -3.00. The molecule has 0 saturated carbocycles. The number of esters is 1. The number of ether oxygens (including phenoxy) is 2. The highest BCUT2D eigenvalue weighted by Crippen LogP contribution is 2.51. The number of benzene rings is 2. The maximum atomic E-state index is 13.9. The standard InChI is InChI=1S/C25H27N3O4/c1-17-20(25(30)31-2)21(18-9-5-3-6-10-18)28-22(19-11-7-4-8-12-19)23(24(29)27(17)28)26-13-15-32-16-14-26/h3-12,21-23H,13-16H2,1-2H3/t21-,22+,23+/m1/s1. The van der Waals surface area contributed by atoms with E-state index in [1.54, 1.807) is 5.01 Å². The highest BCUT2D eigenvalue weighted by molar-refractivity contribution is 5.95. The van der Waals surface area contributed by atoms with Crippen molar-refractivity contribution in [1.82, 2.24) is 14.9 Å². The van der Waals surface area contributed by atoms with Crippen LogP contribution in [0.15, 0.2) is 71.9 Å². The van der Waals surface area contributed by atoms with Crippen molar-refractivity contribution in [2.75, 3.05) is 33.4 Å². The average Bonchev–Trinajstić information content (AvgIpc) is 3.32. The number of hydrogen-bond donors (Lipinski definition) is 0. The molecule has 3 aliphatic heterocycles. The van der Waals surface area contributed by atoms with Gasteiger partial charge in [0.1, 0.15) is 6.04 Å². The molecule has 0 unspecified atom stereocenters. The molecule has 0 spiro atoms. The number of carbonyl (C=O) groups excluding carboxylic acids is 2. The van der Waals surface area contributed by atoms with Crippen molar-refractivity contribution in [1.29, 1.82) is 0 Å². The van der Waals surface area contributed by atoms with E-state index in [0.717, 1.165) is 11.1 Å². The third kappa shape index (κ3) is 3.24. The minimum absolute atomic E-state index is 0.0157. The summed E-state index contributed by atoms with van der Waals surface area (Å²) < 4.78 is 10.7. The number of carbonyl (C=O) groups is 2. The fraction of sp³-hybridized carbons (Fsp3) is 0.360. The van der Waals surface area contributed by atoms with Crippen LogP contribution < -0.4 is 0 Å². The largest absolute Gasteiger partial charge is 0.466 e. The number of fused-ring (bicyclic) bond motifs is 1. The number of morpholine rings is 1. The van der Waals surface area contributed by atoms with Gasteiger partial charge in [0.15, 0.2) is 0 Å². The zero-order valence-corrected chi connectivity index (χ0v) is 18.3. The van der Waals surface area contributed by atoms with Gasteiger partial charge in [-0.25, -0.2) is 9.80 Å². The molecule has 1 amide bonds. The fourth-order valence-corrected chi connectivity index (χ4v) is 5.22. The van der Waals surface area contributed by atoms with Crippen molar-refractivity contribution in [2.24, 2.45) is 0 Å². The summed E-state index contributed by atoms with van der Waals surface area (Å²) in [6.07, 6.45) is 0. The van der Waals surface area contributed by atoms with Crippen LogP contribution in [0, 0.1) is 0 Å². The molecule has 32 heavy (non-hydrogen) atoms. The smallest absolute Gasteiger partial charge is 0.337 e. The Bertz CT molecular complexity index is 1030. The van der Waals surface area contributed by atoms with Gasteiger partial charge in [-0.3, -0.25) is 9.69 Å². The van der Waals surface area contributed by atoms with Crippen LogP contribution in [0.2, 0.25) is 0 Å². The second kappa shape index (κ2) is 8.50. The molecule has 3 aliphatic rings. The first-order chi connectivity index (χ1) is 15.6. The van der Waals surface area contributed by atoms with Gasteiger partial charge in [0.2, 0.25) is 0 Å². The van der Waals surface area contributed by atoms with Crippen LogP contribution >= 0.6 is 0 Å². The molecular weight excluding hydrogens is 406 g/mol. The van der Waals surface area contributed by atoms with Gasteiger partial charge >= 0.3 is 5.97 Å². The van der Waals surface area contributed by atoms with Gasteiger partial charge in [0.25, 0.3) is 5.91 Å². The predicted octanol–water partition coefficient (Wildman–Crippen LogP) is 2.69. The van der Waals surface area contributed by atoms with Gasteiger partial charge in [-0.15, -0.1) is 0 Å². The van der Waals surface area contributed by atoms with E-state index in [9.17, 15) is 9.59 Å². The van der Waals surface area contributed by atoms with Crippen LogP contribution in [-0.2, 0) is 19.1 Å². The first-order valence-corrected chi connectivity index (χ1v) is 11.0. The lowest BCUT2D eigenvalue weighted by atomic mass is 9.92. The maximum Gasteiger partial charge on any atom is 0.337 e. The third-order valence-corrected chi connectivity index (χ3v) is 6.62. The van der Waals surface area contributed by atoms with Crippen LogP contribution in [0.25, 0.3) is 0 Å². The first-order valence-electron chi connectivity index (χ1n) is 11.0. The minimum atomic E-state index is -0.413. The summed E-state index contributed by atoms with van der Waals surface area (Å²) in [5.41, 5.74) is 3.13. The van der Waals surface area contributed by atoms with Gasteiger partial charge in [-0.1, -0.05) is 60.7 Å². The van der Waals surface area contributed by atoms with Crippen molar-refractivity contribution in [2.45, 2.75) is 25.0 Å². The van der Waals surface area contributed by atoms with Crippen molar-refractivity contribution < 1.29 is 19.1 Å². The molecule has 2 aromatic carbocycles. The van der Waals surface area contributed by atoms with Crippen LogP contribution in [0.3, 0.4) is 0 Å². The Morgan fingerprint density at radius 2 is 1.53 bits per heavy atom. The lowest BCUT2D eigenvalue weighted by molar-refractivity contribution is -0.139. The molecule has 2 aromatic rings. The number of rotatable bonds is 4. The van der Waals surface area contributed by atoms with Crippen LogP contribution in [-0.4, -0.2) is 66.2 Å². The van der Waals surface area contributed by atoms with Crippen LogP contribution in [0.1, 0.15) is 30.1 Å². The van der Waals surface area contributed by atoms with Gasteiger partial charge in [0.05, 0.1) is 38.0 Å². The Balaban J connectivity index is 1.68. The number of nitrogens with zero attached hydrogens (tertiary/aromatic N) is 3. The van der Waals surface area contributed by atoms with Gasteiger partial charge in [0, 0.05) is 18.8 Å². The van der Waals surface area contributed by atoms with E-state index in [4.69, 9.17) is 9.47 Å². The Morgan fingerprint density at radius 3 is 2.12 bits per heavy atom. The van der Waals surface area contributed by atoms with Gasteiger partial charge in [-0.05, 0) is 18.1 Å². The summed E-state index contributed by atoms with van der Waals surface area (Å²) in [6, 6.07) is 18.9. The zero-order chi connectivity index (χ0) is 22.2. The van der Waals surface area contributed by atoms with Crippen LogP contribution in [0.5, 0.6) is 0 Å². The van der Waals surface area contributed by atoms with Crippen molar-refractivity contribution >= 4 is 11.9 Å². The van der Waals surface area contributed by atoms with Gasteiger partial charge in [-0.2, -0.15) is 5.01 Å². The summed E-state index contributed by atoms with van der Waals surface area (Å²) in [5, 5.41) is 3.79. The van der Waals surface area contributed by atoms with Crippen molar-refractivity contribution in [3.05, 3.63) is 83.1 Å². The lowest BCUT2D eigenvalue weighted by Gasteiger charge is -2.37. The number of allylic oxidation sites excluding steroid dienone is 1. The van der Waals surface area contributed by atoms with E-state index < -0.39 is 12.0 Å². The highest BCUT2D eigenvalue weighted by atomic mass is 16.5. The summed E-state index contributed by atoms with van der Waals surface area (Å²) >= 11 is 0. The Labute approximate surface area is 187 Å². The highest BCUT2D eigenvalue weighted by Gasteiger charge is 2.58. The second-order valence-electron chi connectivity index (χ2n) is 8.28. The second-order valence-corrected chi connectivity index (χ2v) is 8.28. The molecule has 0 aliphatic carbocycles. The SMILES string of the molecule is COC(=O)C1=C(C)N2C(=O)[C@@H](N3CCOCC3)[C@H](c3ccccc3)N2[C@@H]1c1ccccc1. The normalized spacial score (nSPS) is 26.5. The number of hydrazine groups is 1. The molecule has 2 saturated heterocycles. The molecular formula is C25H27N3O4. The summed E-state index contributed by atoms with van der Waals surface area (Å²) in [6.45, 7) is 4.45. The molecule has 0 radical (unpaired) electrons. The molecule has 2 fully saturated rings. The molecule has 7 nitrogen and oxygen atoms in total. The molecule has 0 N–H and O–H groups in total. The summed E-state index contributed by atoms with van der Waals surface area (Å²) in [7, 11) is 1.39. The fourth-order valence-electron chi connectivity index (χ4n) is 5.22. The number of methoxy groups -OCH3 is 1. The monoisotopic (exact) mass is 433 g/mol.